The van der Waals surface area contributed by atoms with Crippen molar-refractivity contribution in [1.82, 2.24) is 9.62 Å². The number of carbonyl (C=O) groups is 1. The summed E-state index contributed by atoms with van der Waals surface area (Å²) in [7, 11) is -4.07. The number of sulfone groups is 1. The molecule has 1 amide bonds. The Kier molecular flexibility index (Phi) is 5.96. The summed E-state index contributed by atoms with van der Waals surface area (Å²) in [5, 5.41) is 2.83. The number of nitrogens with zero attached hydrogens (tertiary/aromatic N) is 2. The summed E-state index contributed by atoms with van der Waals surface area (Å²) in [6.45, 7) is 3.87. The minimum Gasteiger partial charge on any atom is -0.378 e. The van der Waals surface area contributed by atoms with Crippen LogP contribution in [0.25, 0.3) is 0 Å². The van der Waals surface area contributed by atoms with Gasteiger partial charge in [-0.05, 0) is 31.5 Å². The first-order valence-corrected chi connectivity index (χ1v) is 12.6. The second kappa shape index (κ2) is 7.86. The van der Waals surface area contributed by atoms with Gasteiger partial charge in [0.2, 0.25) is 10.0 Å². The Bertz CT molecular complexity index is 1000. The average Bonchev–Trinajstić information content (AvgIpc) is 2.94. The van der Waals surface area contributed by atoms with Crippen LogP contribution in [0.5, 0.6) is 0 Å². The molecule has 0 aliphatic carbocycles. The van der Waals surface area contributed by atoms with Gasteiger partial charge in [-0.15, -0.1) is 0 Å². The van der Waals surface area contributed by atoms with E-state index in [4.69, 9.17) is 4.74 Å². The molecule has 0 spiro atoms. The van der Waals surface area contributed by atoms with Crippen LogP contribution >= 0.6 is 0 Å². The number of amides is 1. The molecule has 2 aliphatic heterocycles. The van der Waals surface area contributed by atoms with E-state index >= 15 is 0 Å². The number of nitrogens with one attached hydrogen (secondary N) is 1. The molecular formula is C18H27N3O6S2. The van der Waals surface area contributed by atoms with E-state index in [9.17, 15) is 21.6 Å². The first kappa shape index (κ1) is 22.0. The highest BCUT2D eigenvalue weighted by Crippen LogP contribution is 2.28. The van der Waals surface area contributed by atoms with Gasteiger partial charge in [-0.3, -0.25) is 4.79 Å². The van der Waals surface area contributed by atoms with E-state index < -0.39 is 31.3 Å². The van der Waals surface area contributed by atoms with E-state index in [1.165, 1.54) is 26.2 Å². The van der Waals surface area contributed by atoms with E-state index in [1.807, 2.05) is 4.90 Å². The number of sulfonamides is 1. The maximum absolute atomic E-state index is 13.2. The maximum atomic E-state index is 13.2. The van der Waals surface area contributed by atoms with E-state index in [2.05, 4.69) is 5.32 Å². The van der Waals surface area contributed by atoms with E-state index in [0.29, 0.717) is 38.4 Å². The van der Waals surface area contributed by atoms with Crippen molar-refractivity contribution in [2.75, 3.05) is 56.8 Å². The van der Waals surface area contributed by atoms with Gasteiger partial charge in [0.05, 0.1) is 40.7 Å². The highest BCUT2D eigenvalue weighted by atomic mass is 32.2. The fraction of sp³-hybridized carbons (Fsp3) is 0.611. The summed E-state index contributed by atoms with van der Waals surface area (Å²) in [6, 6.07) is 4.48. The number of rotatable bonds is 5. The number of carbonyl (C=O) groups excluding carboxylic acids is 1. The van der Waals surface area contributed by atoms with Crippen LogP contribution in [0.3, 0.4) is 0 Å². The molecule has 2 saturated heterocycles. The molecule has 0 radical (unpaired) electrons. The summed E-state index contributed by atoms with van der Waals surface area (Å²) in [6.07, 6.45) is 0.323. The van der Waals surface area contributed by atoms with Crippen molar-refractivity contribution >= 4 is 31.5 Å². The van der Waals surface area contributed by atoms with E-state index in [1.54, 1.807) is 13.0 Å². The van der Waals surface area contributed by atoms with Crippen molar-refractivity contribution < 1.29 is 26.4 Å². The molecular weight excluding hydrogens is 418 g/mol. The Balaban J connectivity index is 2.00. The molecule has 1 aromatic carbocycles. The van der Waals surface area contributed by atoms with Crippen molar-refractivity contribution in [3.05, 3.63) is 23.8 Å². The number of anilines is 1. The summed E-state index contributed by atoms with van der Waals surface area (Å²) >= 11 is 0. The molecule has 2 aliphatic rings. The first-order valence-electron chi connectivity index (χ1n) is 9.36. The summed E-state index contributed by atoms with van der Waals surface area (Å²) in [5.74, 6) is -0.592. The Labute approximate surface area is 172 Å². The monoisotopic (exact) mass is 445 g/mol. The van der Waals surface area contributed by atoms with E-state index in [-0.39, 0.29) is 22.0 Å². The fourth-order valence-corrected chi connectivity index (χ4v) is 6.62. The van der Waals surface area contributed by atoms with Crippen LogP contribution in [0.15, 0.2) is 23.1 Å². The lowest BCUT2D eigenvalue weighted by Crippen LogP contribution is -2.47. The van der Waals surface area contributed by atoms with Crippen molar-refractivity contribution in [3.8, 4) is 0 Å². The minimum absolute atomic E-state index is 0.00820. The quantitative estimate of drug-likeness (QED) is 0.683. The van der Waals surface area contributed by atoms with Crippen LogP contribution in [-0.4, -0.2) is 84.5 Å². The number of morpholine rings is 1. The molecule has 1 unspecified atom stereocenters. The van der Waals surface area contributed by atoms with E-state index in [0.717, 1.165) is 4.31 Å². The van der Waals surface area contributed by atoms with Gasteiger partial charge in [0.25, 0.3) is 5.91 Å². The van der Waals surface area contributed by atoms with Crippen LogP contribution in [0.1, 0.15) is 23.7 Å². The average molecular weight is 446 g/mol. The molecule has 9 nitrogen and oxygen atoms in total. The molecule has 1 atom stereocenters. The zero-order chi connectivity index (χ0) is 21.4. The van der Waals surface area contributed by atoms with Gasteiger partial charge in [0, 0.05) is 32.9 Å². The third-order valence-electron chi connectivity index (χ3n) is 5.26. The lowest BCUT2D eigenvalue weighted by Gasteiger charge is -2.31. The molecule has 1 N–H and O–H groups in total. The molecule has 11 heteroatoms. The molecule has 1 aromatic rings. The maximum Gasteiger partial charge on any atom is 0.253 e. The van der Waals surface area contributed by atoms with Gasteiger partial charge in [-0.1, -0.05) is 0 Å². The first-order chi connectivity index (χ1) is 13.4. The Hall–Kier alpha value is -1.69. The molecule has 29 heavy (non-hydrogen) atoms. The molecule has 162 valence electrons. The summed E-state index contributed by atoms with van der Waals surface area (Å²) in [4.78, 5) is 15.1. The van der Waals surface area contributed by atoms with Gasteiger partial charge >= 0.3 is 0 Å². The lowest BCUT2D eigenvalue weighted by atomic mass is 10.0. The van der Waals surface area contributed by atoms with Crippen LogP contribution in [-0.2, 0) is 24.6 Å². The molecule has 0 saturated carbocycles. The predicted molar refractivity (Wildman–Crippen MR) is 109 cm³/mol. The van der Waals surface area contributed by atoms with Crippen LogP contribution in [0.2, 0.25) is 0 Å². The van der Waals surface area contributed by atoms with Crippen LogP contribution in [0, 0.1) is 0 Å². The van der Waals surface area contributed by atoms with Gasteiger partial charge in [-0.2, -0.15) is 0 Å². The number of ether oxygens (including phenoxy) is 1. The van der Waals surface area contributed by atoms with Gasteiger partial charge in [-0.25, -0.2) is 21.1 Å². The second-order valence-electron chi connectivity index (χ2n) is 7.92. The second-order valence-corrected chi connectivity index (χ2v) is 12.3. The van der Waals surface area contributed by atoms with Gasteiger partial charge < -0.3 is 15.0 Å². The smallest absolute Gasteiger partial charge is 0.253 e. The Morgan fingerprint density at radius 3 is 2.45 bits per heavy atom. The molecule has 0 aromatic heterocycles. The Morgan fingerprint density at radius 1 is 1.24 bits per heavy atom. The van der Waals surface area contributed by atoms with Crippen molar-refractivity contribution in [1.29, 1.82) is 0 Å². The summed E-state index contributed by atoms with van der Waals surface area (Å²) in [5.41, 5.74) is -0.0671. The SMILES string of the molecule is CN(C)S(=O)(=O)c1ccc(N2CCOCC2)c(C(=O)NC2(C)CCS(=O)(=O)C2)c1. The number of benzene rings is 1. The molecule has 3 rings (SSSR count). The molecule has 2 heterocycles. The summed E-state index contributed by atoms with van der Waals surface area (Å²) < 4.78 is 55.4. The molecule has 0 bridgehead atoms. The normalized spacial score (nSPS) is 24.6. The topological polar surface area (TPSA) is 113 Å². The van der Waals surface area contributed by atoms with Crippen LogP contribution in [0.4, 0.5) is 5.69 Å². The third-order valence-corrected chi connectivity index (χ3v) is 8.98. The van der Waals surface area contributed by atoms with Crippen molar-refractivity contribution in [2.24, 2.45) is 0 Å². The van der Waals surface area contributed by atoms with Gasteiger partial charge in [0.15, 0.2) is 9.84 Å². The lowest BCUT2D eigenvalue weighted by molar-refractivity contribution is 0.0914. The van der Waals surface area contributed by atoms with Crippen molar-refractivity contribution in [2.45, 2.75) is 23.8 Å². The zero-order valence-electron chi connectivity index (χ0n) is 16.8. The molecule has 2 fully saturated rings. The number of hydrogen-bond acceptors (Lipinski definition) is 7. The zero-order valence-corrected chi connectivity index (χ0v) is 18.5. The predicted octanol–water partition coefficient (Wildman–Crippen LogP) is 0.0805. The van der Waals surface area contributed by atoms with Gasteiger partial charge in [0.1, 0.15) is 0 Å². The highest BCUT2D eigenvalue weighted by Gasteiger charge is 2.40. The standard InChI is InChI=1S/C18H27N3O6S2/c1-18(6-11-28(23,24)13-18)19-17(22)15-12-14(29(25,26)20(2)3)4-5-16(15)21-7-9-27-10-8-21/h4-5,12H,6-11,13H2,1-3H3,(H,19,22). The Morgan fingerprint density at radius 2 is 1.90 bits per heavy atom. The minimum atomic E-state index is -3.73. The fourth-order valence-electron chi connectivity index (χ4n) is 3.60. The third kappa shape index (κ3) is 4.73. The largest absolute Gasteiger partial charge is 0.378 e. The van der Waals surface area contributed by atoms with Crippen molar-refractivity contribution in [3.63, 3.8) is 0 Å². The highest BCUT2D eigenvalue weighted by molar-refractivity contribution is 7.91. The number of hydrogen-bond donors (Lipinski definition) is 1. The van der Waals surface area contributed by atoms with Crippen LogP contribution < -0.4 is 10.2 Å².